The highest BCUT2D eigenvalue weighted by atomic mass is 16.5. The maximum atomic E-state index is 10.7. The van der Waals surface area contributed by atoms with Crippen LogP contribution in [0.5, 0.6) is 0 Å². The molecule has 1 heterocycles. The first-order valence-electron chi connectivity index (χ1n) is 5.20. The van der Waals surface area contributed by atoms with Gasteiger partial charge in [-0.25, -0.2) is 4.68 Å². The van der Waals surface area contributed by atoms with Gasteiger partial charge in [-0.3, -0.25) is 4.79 Å². The Bertz CT molecular complexity index is 336. The predicted octanol–water partition coefficient (Wildman–Crippen LogP) is 0.189. The number of methoxy groups -OCH3 is 1. The number of hydrogen-bond donors (Lipinski definition) is 0. The van der Waals surface area contributed by atoms with Crippen molar-refractivity contribution in [2.45, 2.75) is 19.6 Å². The van der Waals surface area contributed by atoms with E-state index in [-0.39, 0.29) is 0 Å². The van der Waals surface area contributed by atoms with Gasteiger partial charge in [0.15, 0.2) is 12.0 Å². The zero-order valence-electron chi connectivity index (χ0n) is 10.0. The molecule has 0 unspecified atom stereocenters. The van der Waals surface area contributed by atoms with E-state index in [1.807, 2.05) is 14.1 Å². The van der Waals surface area contributed by atoms with Crippen LogP contribution >= 0.6 is 0 Å². The van der Waals surface area contributed by atoms with Gasteiger partial charge >= 0.3 is 0 Å². The molecule has 0 saturated heterocycles. The molecule has 0 radical (unpaired) electrons. The average Bonchev–Trinajstić information content (AvgIpc) is 2.61. The Morgan fingerprint density at radius 2 is 2.25 bits per heavy atom. The number of aryl methyl sites for hydroxylation is 1. The van der Waals surface area contributed by atoms with Crippen LogP contribution in [0.15, 0.2) is 0 Å². The van der Waals surface area contributed by atoms with Gasteiger partial charge in [-0.15, -0.1) is 5.10 Å². The SMILES string of the molecule is COCc1c(C=O)nnn1CCCN(C)C. The number of carbonyl (C=O) groups excluding carboxylic acids is 1. The van der Waals surface area contributed by atoms with Crippen molar-refractivity contribution >= 4 is 6.29 Å². The molecule has 0 fully saturated rings. The normalized spacial score (nSPS) is 11.0. The fourth-order valence-electron chi connectivity index (χ4n) is 1.44. The molecule has 90 valence electrons. The molecule has 1 aromatic heterocycles. The Balaban J connectivity index is 2.64. The molecule has 0 bridgehead atoms. The van der Waals surface area contributed by atoms with Crippen LogP contribution in [0.2, 0.25) is 0 Å². The molecule has 0 atom stereocenters. The van der Waals surface area contributed by atoms with E-state index < -0.39 is 0 Å². The summed E-state index contributed by atoms with van der Waals surface area (Å²) < 4.78 is 6.76. The van der Waals surface area contributed by atoms with E-state index in [2.05, 4.69) is 15.2 Å². The number of carbonyl (C=O) groups is 1. The average molecular weight is 226 g/mol. The highest BCUT2D eigenvalue weighted by molar-refractivity contribution is 5.73. The van der Waals surface area contributed by atoms with Crippen molar-refractivity contribution in [3.8, 4) is 0 Å². The Kier molecular flexibility index (Phi) is 5.07. The zero-order valence-corrected chi connectivity index (χ0v) is 10.0. The van der Waals surface area contributed by atoms with E-state index in [9.17, 15) is 4.79 Å². The molecule has 16 heavy (non-hydrogen) atoms. The van der Waals surface area contributed by atoms with Crippen molar-refractivity contribution in [2.24, 2.45) is 0 Å². The van der Waals surface area contributed by atoms with E-state index in [1.165, 1.54) is 0 Å². The van der Waals surface area contributed by atoms with Crippen molar-refractivity contribution in [1.29, 1.82) is 0 Å². The summed E-state index contributed by atoms with van der Waals surface area (Å²) in [7, 11) is 5.63. The van der Waals surface area contributed by atoms with Crippen LogP contribution in [0, 0.1) is 0 Å². The lowest BCUT2D eigenvalue weighted by molar-refractivity contribution is 0.111. The molecule has 6 heteroatoms. The summed E-state index contributed by atoms with van der Waals surface area (Å²) >= 11 is 0. The molecule has 0 aromatic carbocycles. The zero-order chi connectivity index (χ0) is 12.0. The number of aldehydes is 1. The fourth-order valence-corrected chi connectivity index (χ4v) is 1.44. The van der Waals surface area contributed by atoms with Crippen molar-refractivity contribution < 1.29 is 9.53 Å². The number of aromatic nitrogens is 3. The van der Waals surface area contributed by atoms with Gasteiger partial charge < -0.3 is 9.64 Å². The monoisotopic (exact) mass is 226 g/mol. The first-order chi connectivity index (χ1) is 7.69. The van der Waals surface area contributed by atoms with E-state index in [4.69, 9.17) is 4.74 Å². The summed E-state index contributed by atoms with van der Waals surface area (Å²) in [4.78, 5) is 12.8. The number of nitrogens with zero attached hydrogens (tertiary/aromatic N) is 4. The summed E-state index contributed by atoms with van der Waals surface area (Å²) in [6, 6.07) is 0. The van der Waals surface area contributed by atoms with Gasteiger partial charge in [-0.1, -0.05) is 5.21 Å². The van der Waals surface area contributed by atoms with Crippen LogP contribution in [0.25, 0.3) is 0 Å². The number of ether oxygens (including phenoxy) is 1. The van der Waals surface area contributed by atoms with Gasteiger partial charge in [-0.2, -0.15) is 0 Å². The Labute approximate surface area is 95.2 Å². The molecular weight excluding hydrogens is 208 g/mol. The summed E-state index contributed by atoms with van der Waals surface area (Å²) in [5, 5.41) is 7.74. The van der Waals surface area contributed by atoms with Crippen molar-refractivity contribution in [1.82, 2.24) is 19.9 Å². The third-order valence-electron chi connectivity index (χ3n) is 2.24. The topological polar surface area (TPSA) is 60.2 Å². The number of hydrogen-bond acceptors (Lipinski definition) is 5. The highest BCUT2D eigenvalue weighted by Crippen LogP contribution is 2.05. The second-order valence-electron chi connectivity index (χ2n) is 3.85. The molecule has 1 rings (SSSR count). The highest BCUT2D eigenvalue weighted by Gasteiger charge is 2.11. The quantitative estimate of drug-likeness (QED) is 0.621. The van der Waals surface area contributed by atoms with Crippen molar-refractivity contribution in [3.05, 3.63) is 11.4 Å². The molecule has 0 N–H and O–H groups in total. The lowest BCUT2D eigenvalue weighted by atomic mass is 10.3. The third kappa shape index (κ3) is 3.39. The maximum absolute atomic E-state index is 10.7. The molecular formula is C10H18N4O2. The summed E-state index contributed by atoms with van der Waals surface area (Å²) in [6.45, 7) is 2.09. The van der Waals surface area contributed by atoms with Gasteiger partial charge in [0.25, 0.3) is 0 Å². The summed E-state index contributed by atoms with van der Waals surface area (Å²) in [5.41, 5.74) is 1.11. The molecule has 0 saturated carbocycles. The van der Waals surface area contributed by atoms with Crippen LogP contribution in [0.3, 0.4) is 0 Å². The first-order valence-corrected chi connectivity index (χ1v) is 5.20. The van der Waals surface area contributed by atoms with Gasteiger partial charge in [0, 0.05) is 13.7 Å². The maximum Gasteiger partial charge on any atom is 0.172 e. The lowest BCUT2D eigenvalue weighted by Crippen LogP contribution is -2.16. The van der Waals surface area contributed by atoms with Crippen LogP contribution in [-0.2, 0) is 17.9 Å². The Hall–Kier alpha value is -1.27. The predicted molar refractivity (Wildman–Crippen MR) is 59.3 cm³/mol. The second-order valence-corrected chi connectivity index (χ2v) is 3.85. The molecule has 1 aromatic rings. The molecule has 0 aliphatic carbocycles. The van der Waals surface area contributed by atoms with Gasteiger partial charge in [0.05, 0.1) is 12.3 Å². The first kappa shape index (κ1) is 12.8. The smallest absolute Gasteiger partial charge is 0.172 e. The van der Waals surface area contributed by atoms with Gasteiger partial charge in [0.2, 0.25) is 0 Å². The van der Waals surface area contributed by atoms with E-state index in [0.29, 0.717) is 18.6 Å². The van der Waals surface area contributed by atoms with E-state index >= 15 is 0 Å². The standard InChI is InChI=1S/C10H18N4O2/c1-13(2)5-4-6-14-10(8-16-3)9(7-15)11-12-14/h7H,4-6,8H2,1-3H3. The largest absolute Gasteiger partial charge is 0.378 e. The number of rotatable bonds is 7. The molecule has 6 nitrogen and oxygen atoms in total. The second kappa shape index (κ2) is 6.34. The minimum atomic E-state index is 0.364. The minimum Gasteiger partial charge on any atom is -0.378 e. The van der Waals surface area contributed by atoms with Crippen LogP contribution in [0.1, 0.15) is 22.6 Å². The van der Waals surface area contributed by atoms with Crippen LogP contribution in [-0.4, -0.2) is 53.9 Å². The summed E-state index contributed by atoms with van der Waals surface area (Å²) in [5.74, 6) is 0. The van der Waals surface area contributed by atoms with Crippen LogP contribution in [0.4, 0.5) is 0 Å². The molecule has 0 aliphatic rings. The third-order valence-corrected chi connectivity index (χ3v) is 2.24. The Morgan fingerprint density at radius 1 is 1.50 bits per heavy atom. The van der Waals surface area contributed by atoms with Crippen molar-refractivity contribution in [2.75, 3.05) is 27.7 Å². The molecule has 0 spiro atoms. The van der Waals surface area contributed by atoms with Crippen LogP contribution < -0.4 is 0 Å². The fraction of sp³-hybridized carbons (Fsp3) is 0.700. The van der Waals surface area contributed by atoms with Crippen molar-refractivity contribution in [3.63, 3.8) is 0 Å². The van der Waals surface area contributed by atoms with E-state index in [1.54, 1.807) is 11.8 Å². The van der Waals surface area contributed by atoms with Gasteiger partial charge in [0.1, 0.15) is 0 Å². The molecule has 0 aliphatic heterocycles. The molecule has 0 amide bonds. The lowest BCUT2D eigenvalue weighted by Gasteiger charge is -2.10. The summed E-state index contributed by atoms with van der Waals surface area (Å²) in [6.07, 6.45) is 1.68. The Morgan fingerprint density at radius 3 is 2.81 bits per heavy atom. The van der Waals surface area contributed by atoms with Gasteiger partial charge in [-0.05, 0) is 27.1 Å². The minimum absolute atomic E-state index is 0.364. The van der Waals surface area contributed by atoms with E-state index in [0.717, 1.165) is 25.2 Å².